The number of amides is 3. The summed E-state index contributed by atoms with van der Waals surface area (Å²) in [6.45, 7) is 5.19. The Hall–Kier alpha value is -1.34. The Morgan fingerprint density at radius 2 is 1.95 bits per heavy atom. The van der Waals surface area contributed by atoms with Crippen molar-refractivity contribution in [2.45, 2.75) is 31.9 Å². The van der Waals surface area contributed by atoms with Gasteiger partial charge in [0.1, 0.15) is 5.54 Å². The van der Waals surface area contributed by atoms with Crippen molar-refractivity contribution in [3.63, 3.8) is 0 Å². The molecule has 7 nitrogen and oxygen atoms in total. The molecule has 3 atom stereocenters. The van der Waals surface area contributed by atoms with E-state index in [-0.39, 0.29) is 23.3 Å². The molecule has 1 aliphatic carbocycles. The standard InChI is InChI=1S/C12H22N4O3/c1-11(2)8-7(3-6-19-8)12(11,14)9(17)15-4-5-16-10(13)18/h7-8H,3-6,14H2,1-2H3,(H,15,17)(H3,13,16,18). The van der Waals surface area contributed by atoms with E-state index < -0.39 is 11.6 Å². The lowest BCUT2D eigenvalue weighted by Crippen LogP contribution is -2.80. The third-order valence-electron chi connectivity index (χ3n) is 4.54. The number of carbonyl (C=O) groups is 2. The molecule has 108 valence electrons. The largest absolute Gasteiger partial charge is 0.377 e. The van der Waals surface area contributed by atoms with Gasteiger partial charge in [-0.25, -0.2) is 4.79 Å². The molecule has 1 saturated heterocycles. The van der Waals surface area contributed by atoms with E-state index in [1.54, 1.807) is 0 Å². The number of carbonyl (C=O) groups excluding carboxylic acids is 2. The smallest absolute Gasteiger partial charge is 0.312 e. The van der Waals surface area contributed by atoms with E-state index in [0.29, 0.717) is 19.7 Å². The van der Waals surface area contributed by atoms with Gasteiger partial charge in [-0.3, -0.25) is 4.79 Å². The number of rotatable bonds is 4. The quantitative estimate of drug-likeness (QED) is 0.485. The van der Waals surface area contributed by atoms with Gasteiger partial charge in [-0.05, 0) is 6.42 Å². The molecule has 1 aliphatic heterocycles. The SMILES string of the molecule is CC1(C)C2OCCC2C1(N)C(=O)NCCNC(N)=O. The molecule has 0 radical (unpaired) electrons. The molecule has 19 heavy (non-hydrogen) atoms. The van der Waals surface area contributed by atoms with Crippen LogP contribution in [0.2, 0.25) is 0 Å². The fraction of sp³-hybridized carbons (Fsp3) is 0.833. The predicted octanol–water partition coefficient (Wildman–Crippen LogP) is -1.09. The molecule has 7 heteroatoms. The molecule has 6 N–H and O–H groups in total. The normalized spacial score (nSPS) is 35.1. The van der Waals surface area contributed by atoms with E-state index in [9.17, 15) is 9.59 Å². The van der Waals surface area contributed by atoms with Gasteiger partial charge in [-0.1, -0.05) is 13.8 Å². The topological polar surface area (TPSA) is 119 Å². The van der Waals surface area contributed by atoms with Crippen molar-refractivity contribution in [2.75, 3.05) is 19.7 Å². The highest BCUT2D eigenvalue weighted by Gasteiger charge is 2.71. The third kappa shape index (κ3) is 1.97. The van der Waals surface area contributed by atoms with Crippen LogP contribution in [0.25, 0.3) is 0 Å². The minimum atomic E-state index is -0.902. The second kappa shape index (κ2) is 4.64. The van der Waals surface area contributed by atoms with Gasteiger partial charge >= 0.3 is 6.03 Å². The Kier molecular flexibility index (Phi) is 3.44. The maximum absolute atomic E-state index is 12.3. The van der Waals surface area contributed by atoms with Crippen LogP contribution in [0.4, 0.5) is 4.79 Å². The van der Waals surface area contributed by atoms with Crippen LogP contribution >= 0.6 is 0 Å². The van der Waals surface area contributed by atoms with Crippen LogP contribution in [-0.2, 0) is 9.53 Å². The van der Waals surface area contributed by atoms with Gasteiger partial charge in [0, 0.05) is 31.0 Å². The lowest BCUT2D eigenvalue weighted by Gasteiger charge is -2.60. The van der Waals surface area contributed by atoms with Crippen molar-refractivity contribution in [1.29, 1.82) is 0 Å². The summed E-state index contributed by atoms with van der Waals surface area (Å²) in [5.74, 6) is -0.109. The van der Waals surface area contributed by atoms with Crippen LogP contribution in [0.3, 0.4) is 0 Å². The number of ether oxygens (including phenoxy) is 1. The number of nitrogens with two attached hydrogens (primary N) is 2. The first-order valence-corrected chi connectivity index (χ1v) is 6.54. The van der Waals surface area contributed by atoms with Crippen molar-refractivity contribution in [1.82, 2.24) is 10.6 Å². The molecule has 1 saturated carbocycles. The summed E-state index contributed by atoms with van der Waals surface area (Å²) in [5, 5.41) is 5.17. The number of nitrogens with one attached hydrogen (secondary N) is 2. The third-order valence-corrected chi connectivity index (χ3v) is 4.54. The molecule has 1 heterocycles. The van der Waals surface area contributed by atoms with E-state index in [1.165, 1.54) is 0 Å². The highest BCUT2D eigenvalue weighted by atomic mass is 16.5. The van der Waals surface area contributed by atoms with E-state index in [1.807, 2.05) is 13.8 Å². The number of hydrogen-bond acceptors (Lipinski definition) is 4. The molecule has 0 bridgehead atoms. The van der Waals surface area contributed by atoms with Crippen molar-refractivity contribution in [3.05, 3.63) is 0 Å². The summed E-state index contributed by atoms with van der Waals surface area (Å²) in [6, 6.07) is -0.607. The van der Waals surface area contributed by atoms with Gasteiger partial charge in [0.25, 0.3) is 0 Å². The molecule has 0 aromatic heterocycles. The van der Waals surface area contributed by atoms with Crippen LogP contribution in [0.1, 0.15) is 20.3 Å². The molecule has 3 unspecified atom stereocenters. The Labute approximate surface area is 112 Å². The van der Waals surface area contributed by atoms with E-state index in [2.05, 4.69) is 10.6 Å². The Morgan fingerprint density at radius 1 is 1.32 bits per heavy atom. The summed E-state index contributed by atoms with van der Waals surface area (Å²) < 4.78 is 5.64. The van der Waals surface area contributed by atoms with Gasteiger partial charge in [0.2, 0.25) is 5.91 Å². The first-order chi connectivity index (χ1) is 8.81. The summed E-state index contributed by atoms with van der Waals surface area (Å²) in [6.07, 6.45) is 0.879. The molecule has 2 rings (SSSR count). The maximum Gasteiger partial charge on any atom is 0.312 e. The lowest BCUT2D eigenvalue weighted by molar-refractivity contribution is -0.175. The van der Waals surface area contributed by atoms with E-state index >= 15 is 0 Å². The van der Waals surface area contributed by atoms with Crippen LogP contribution in [0.5, 0.6) is 0 Å². The van der Waals surface area contributed by atoms with Crippen LogP contribution in [0.15, 0.2) is 0 Å². The molecular weight excluding hydrogens is 248 g/mol. The number of fused-ring (bicyclic) bond motifs is 1. The van der Waals surface area contributed by atoms with E-state index in [4.69, 9.17) is 16.2 Å². The Bertz CT molecular complexity index is 398. The molecule has 3 amide bonds. The van der Waals surface area contributed by atoms with Gasteiger partial charge < -0.3 is 26.8 Å². The highest BCUT2D eigenvalue weighted by molar-refractivity contribution is 5.89. The molecule has 0 spiro atoms. The lowest BCUT2D eigenvalue weighted by atomic mass is 9.48. The van der Waals surface area contributed by atoms with Crippen LogP contribution in [0, 0.1) is 11.3 Å². The first-order valence-electron chi connectivity index (χ1n) is 6.54. The second-order valence-corrected chi connectivity index (χ2v) is 5.82. The molecular formula is C12H22N4O3. The van der Waals surface area contributed by atoms with Gasteiger partial charge in [0.15, 0.2) is 0 Å². The van der Waals surface area contributed by atoms with Crippen LogP contribution in [-0.4, -0.2) is 43.3 Å². The predicted molar refractivity (Wildman–Crippen MR) is 69.1 cm³/mol. The average molecular weight is 270 g/mol. The van der Waals surface area contributed by atoms with Crippen molar-refractivity contribution in [3.8, 4) is 0 Å². The molecule has 2 fully saturated rings. The number of hydrogen-bond donors (Lipinski definition) is 4. The molecule has 0 aromatic carbocycles. The summed E-state index contributed by atoms with van der Waals surface area (Å²) in [5.41, 5.74) is 10.0. The van der Waals surface area contributed by atoms with Gasteiger partial charge in [0.05, 0.1) is 6.10 Å². The monoisotopic (exact) mass is 270 g/mol. The number of primary amides is 1. The van der Waals surface area contributed by atoms with E-state index in [0.717, 1.165) is 6.42 Å². The van der Waals surface area contributed by atoms with Crippen molar-refractivity contribution < 1.29 is 14.3 Å². The first kappa shape index (κ1) is 14.1. The zero-order valence-electron chi connectivity index (χ0n) is 11.4. The summed E-state index contributed by atoms with van der Waals surface area (Å²) in [4.78, 5) is 22.8. The Balaban J connectivity index is 1.92. The average Bonchev–Trinajstić information content (AvgIpc) is 2.80. The van der Waals surface area contributed by atoms with Crippen LogP contribution < -0.4 is 22.1 Å². The fourth-order valence-electron chi connectivity index (χ4n) is 3.35. The second-order valence-electron chi connectivity index (χ2n) is 5.82. The number of urea groups is 1. The maximum atomic E-state index is 12.3. The summed E-state index contributed by atoms with van der Waals surface area (Å²) >= 11 is 0. The summed E-state index contributed by atoms with van der Waals surface area (Å²) in [7, 11) is 0. The zero-order valence-corrected chi connectivity index (χ0v) is 11.4. The Morgan fingerprint density at radius 3 is 2.58 bits per heavy atom. The van der Waals surface area contributed by atoms with Crippen molar-refractivity contribution in [2.24, 2.45) is 22.8 Å². The minimum absolute atomic E-state index is 0.0620. The highest BCUT2D eigenvalue weighted by Crippen LogP contribution is 2.58. The zero-order chi connectivity index (χ0) is 14.3. The molecule has 2 aliphatic rings. The fourth-order valence-corrected chi connectivity index (χ4v) is 3.35. The molecule has 0 aromatic rings. The minimum Gasteiger partial charge on any atom is -0.377 e. The van der Waals surface area contributed by atoms with Crippen molar-refractivity contribution >= 4 is 11.9 Å². The van der Waals surface area contributed by atoms with Gasteiger partial charge in [-0.2, -0.15) is 0 Å². The van der Waals surface area contributed by atoms with Gasteiger partial charge in [-0.15, -0.1) is 0 Å².